The van der Waals surface area contributed by atoms with Gasteiger partial charge in [0.1, 0.15) is 0 Å². The van der Waals surface area contributed by atoms with Gasteiger partial charge < -0.3 is 9.31 Å². The molecule has 1 fully saturated rings. The van der Waals surface area contributed by atoms with E-state index >= 15 is 0 Å². The third-order valence-corrected chi connectivity index (χ3v) is 5.00. The second-order valence-corrected chi connectivity index (χ2v) is 6.98. The molecule has 0 radical (unpaired) electrons. The Morgan fingerprint density at radius 1 is 1.10 bits per heavy atom. The van der Waals surface area contributed by atoms with Crippen LogP contribution < -0.4 is 5.59 Å². The Hall–Kier alpha value is -1.17. The van der Waals surface area contributed by atoms with Crippen molar-refractivity contribution in [2.24, 2.45) is 0 Å². The summed E-state index contributed by atoms with van der Waals surface area (Å²) in [6.45, 7) is 8.21. The number of pyridine rings is 1. The molecule has 0 N–H and O–H groups in total. The van der Waals surface area contributed by atoms with Crippen molar-refractivity contribution in [1.29, 1.82) is 0 Å². The number of nitrogens with zero attached hydrogens (tertiary/aromatic N) is 1. The average Bonchev–Trinajstić information content (AvgIpc) is 2.97. The first-order valence-corrected chi connectivity index (χ1v) is 7.62. The SMILES string of the molecule is CC1(C)OB(c2cc(-c3cccs3)ccn2)OC1(C)C. The van der Waals surface area contributed by atoms with Crippen LogP contribution in [0.25, 0.3) is 10.4 Å². The van der Waals surface area contributed by atoms with Gasteiger partial charge in [-0.1, -0.05) is 6.07 Å². The molecule has 0 amide bonds. The highest BCUT2D eigenvalue weighted by Crippen LogP contribution is 2.36. The molecule has 0 spiro atoms. The largest absolute Gasteiger partial charge is 0.514 e. The normalized spacial score (nSPS) is 20.3. The molecule has 104 valence electrons. The first kappa shape index (κ1) is 13.8. The molecule has 2 aromatic heterocycles. The molecule has 1 aliphatic heterocycles. The first-order valence-electron chi connectivity index (χ1n) is 6.74. The third kappa shape index (κ3) is 2.30. The van der Waals surface area contributed by atoms with Gasteiger partial charge in [0.25, 0.3) is 0 Å². The van der Waals surface area contributed by atoms with Crippen molar-refractivity contribution in [3.05, 3.63) is 35.8 Å². The van der Waals surface area contributed by atoms with Crippen LogP contribution in [0.5, 0.6) is 0 Å². The number of hydrogen-bond donors (Lipinski definition) is 0. The van der Waals surface area contributed by atoms with E-state index in [1.165, 1.54) is 4.88 Å². The van der Waals surface area contributed by atoms with Crippen LogP contribution in [0.15, 0.2) is 35.8 Å². The number of rotatable bonds is 2. The van der Waals surface area contributed by atoms with E-state index in [1.54, 1.807) is 11.3 Å². The second kappa shape index (κ2) is 4.69. The summed E-state index contributed by atoms with van der Waals surface area (Å²) in [7, 11) is -0.403. The summed E-state index contributed by atoms with van der Waals surface area (Å²) in [6.07, 6.45) is 1.81. The zero-order chi connectivity index (χ0) is 14.4. The molecule has 0 bridgehead atoms. The van der Waals surface area contributed by atoms with Gasteiger partial charge in [0.15, 0.2) is 0 Å². The predicted octanol–water partition coefficient (Wildman–Crippen LogP) is 3.11. The number of aromatic nitrogens is 1. The lowest BCUT2D eigenvalue weighted by Gasteiger charge is -2.32. The van der Waals surface area contributed by atoms with Crippen molar-refractivity contribution < 1.29 is 9.31 Å². The highest BCUT2D eigenvalue weighted by atomic mass is 32.1. The smallest absolute Gasteiger partial charge is 0.398 e. The highest BCUT2D eigenvalue weighted by Gasteiger charge is 2.52. The molecular weight excluding hydrogens is 269 g/mol. The summed E-state index contributed by atoms with van der Waals surface area (Å²) >= 11 is 1.72. The van der Waals surface area contributed by atoms with E-state index in [9.17, 15) is 0 Å². The van der Waals surface area contributed by atoms with Crippen molar-refractivity contribution in [2.75, 3.05) is 0 Å². The molecule has 3 nitrogen and oxygen atoms in total. The summed E-state index contributed by atoms with van der Waals surface area (Å²) in [5.41, 5.74) is 1.31. The molecule has 0 atom stereocenters. The minimum absolute atomic E-state index is 0.335. The lowest BCUT2D eigenvalue weighted by atomic mass is 9.83. The van der Waals surface area contributed by atoms with Crippen LogP contribution in [0.4, 0.5) is 0 Å². The fraction of sp³-hybridized carbons (Fsp3) is 0.400. The summed E-state index contributed by atoms with van der Waals surface area (Å²) in [5, 5.41) is 2.07. The fourth-order valence-corrected chi connectivity index (χ4v) is 2.86. The van der Waals surface area contributed by atoms with Crippen LogP contribution >= 0.6 is 11.3 Å². The fourth-order valence-electron chi connectivity index (χ4n) is 2.14. The standard InChI is InChI=1S/C15H18BNO2S/c1-14(2)15(3,4)19-16(18-14)13-10-11(7-8-17-13)12-6-5-9-20-12/h5-10H,1-4H3. The topological polar surface area (TPSA) is 31.4 Å². The van der Waals surface area contributed by atoms with Crippen LogP contribution in [0, 0.1) is 0 Å². The Kier molecular flexibility index (Phi) is 3.24. The average molecular weight is 287 g/mol. The second-order valence-electron chi connectivity index (χ2n) is 6.03. The predicted molar refractivity (Wildman–Crippen MR) is 83.3 cm³/mol. The molecule has 3 heterocycles. The lowest BCUT2D eigenvalue weighted by molar-refractivity contribution is 0.00578. The van der Waals surface area contributed by atoms with E-state index < -0.39 is 7.12 Å². The third-order valence-electron chi connectivity index (χ3n) is 4.08. The number of hydrogen-bond acceptors (Lipinski definition) is 4. The molecule has 20 heavy (non-hydrogen) atoms. The molecule has 0 saturated carbocycles. The van der Waals surface area contributed by atoms with Crippen molar-refractivity contribution in [2.45, 2.75) is 38.9 Å². The molecule has 0 aliphatic carbocycles. The van der Waals surface area contributed by atoms with Gasteiger partial charge in [-0.3, -0.25) is 4.98 Å². The van der Waals surface area contributed by atoms with Gasteiger partial charge in [-0.25, -0.2) is 0 Å². The van der Waals surface area contributed by atoms with Crippen molar-refractivity contribution >= 4 is 24.0 Å². The van der Waals surface area contributed by atoms with Gasteiger partial charge in [-0.15, -0.1) is 11.3 Å². The quantitative estimate of drug-likeness (QED) is 0.795. The van der Waals surface area contributed by atoms with Crippen molar-refractivity contribution in [3.63, 3.8) is 0 Å². The molecule has 0 aromatic carbocycles. The summed E-state index contributed by atoms with van der Waals surface area (Å²) in [4.78, 5) is 5.64. The minimum atomic E-state index is -0.403. The monoisotopic (exact) mass is 287 g/mol. The van der Waals surface area contributed by atoms with Gasteiger partial charge in [-0.05, 0) is 56.8 Å². The summed E-state index contributed by atoms with van der Waals surface area (Å²) in [5.74, 6) is 0. The van der Waals surface area contributed by atoms with Crippen LogP contribution in [-0.4, -0.2) is 23.3 Å². The van der Waals surface area contributed by atoms with E-state index in [2.05, 4.69) is 50.2 Å². The Balaban J connectivity index is 1.91. The van der Waals surface area contributed by atoms with Crippen LogP contribution in [0.2, 0.25) is 0 Å². The Labute approximate surface area is 124 Å². The van der Waals surface area contributed by atoms with Crippen LogP contribution in [0.3, 0.4) is 0 Å². The maximum atomic E-state index is 6.04. The molecular formula is C15H18BNO2S. The first-order chi connectivity index (χ1) is 9.39. The minimum Gasteiger partial charge on any atom is -0.398 e. The van der Waals surface area contributed by atoms with E-state index in [1.807, 2.05) is 18.3 Å². The summed E-state index contributed by atoms with van der Waals surface area (Å²) < 4.78 is 12.1. The van der Waals surface area contributed by atoms with E-state index in [0.29, 0.717) is 0 Å². The maximum absolute atomic E-state index is 6.04. The van der Waals surface area contributed by atoms with E-state index in [0.717, 1.165) is 11.2 Å². The van der Waals surface area contributed by atoms with Gasteiger partial charge in [0, 0.05) is 11.1 Å². The van der Waals surface area contributed by atoms with E-state index in [-0.39, 0.29) is 11.2 Å². The Morgan fingerprint density at radius 2 is 1.80 bits per heavy atom. The Bertz CT molecular complexity index is 594. The van der Waals surface area contributed by atoms with E-state index in [4.69, 9.17) is 9.31 Å². The molecule has 2 aromatic rings. The van der Waals surface area contributed by atoms with Gasteiger partial charge in [0.2, 0.25) is 0 Å². The molecule has 1 saturated heterocycles. The van der Waals surface area contributed by atoms with Gasteiger partial charge >= 0.3 is 7.12 Å². The molecule has 0 unspecified atom stereocenters. The molecule has 1 aliphatic rings. The zero-order valence-corrected chi connectivity index (χ0v) is 13.0. The molecule has 3 rings (SSSR count). The van der Waals surface area contributed by atoms with Gasteiger partial charge in [-0.2, -0.15) is 0 Å². The lowest BCUT2D eigenvalue weighted by Crippen LogP contribution is -2.41. The van der Waals surface area contributed by atoms with Crippen molar-refractivity contribution in [3.8, 4) is 10.4 Å². The zero-order valence-electron chi connectivity index (χ0n) is 12.2. The highest BCUT2D eigenvalue weighted by molar-refractivity contribution is 7.13. The summed E-state index contributed by atoms with van der Waals surface area (Å²) in [6, 6.07) is 8.22. The van der Waals surface area contributed by atoms with Crippen LogP contribution in [0.1, 0.15) is 27.7 Å². The Morgan fingerprint density at radius 3 is 2.40 bits per heavy atom. The van der Waals surface area contributed by atoms with Crippen molar-refractivity contribution in [1.82, 2.24) is 4.98 Å². The maximum Gasteiger partial charge on any atom is 0.514 e. The molecule has 5 heteroatoms. The van der Waals surface area contributed by atoms with Crippen LogP contribution in [-0.2, 0) is 9.31 Å². The van der Waals surface area contributed by atoms with Gasteiger partial charge in [0.05, 0.1) is 16.8 Å². The number of thiophene rings is 1.